The Morgan fingerprint density at radius 3 is 2.42 bits per heavy atom. The number of amides is 1. The van der Waals surface area contributed by atoms with E-state index in [1.165, 1.54) is 26.4 Å². The standard InChI is InChI=1S/C19H21NO6/c1-24-16-12-13(19(22)23)11-15(18(16)25-2)20-17(21)9-6-10-26-14-7-4-3-5-8-14/h3-5,7-8,11-12H,6,9-10H2,1-2H3,(H,20,21)(H,22,23). The third kappa shape index (κ3) is 5.14. The number of nitrogens with one attached hydrogen (secondary N) is 1. The molecule has 0 aliphatic heterocycles. The minimum absolute atomic E-state index is 0.00893. The van der Waals surface area contributed by atoms with Gasteiger partial charge in [-0.2, -0.15) is 0 Å². The van der Waals surface area contributed by atoms with E-state index < -0.39 is 5.97 Å². The van der Waals surface area contributed by atoms with E-state index in [1.807, 2.05) is 30.3 Å². The van der Waals surface area contributed by atoms with Gasteiger partial charge < -0.3 is 24.6 Å². The quantitative estimate of drug-likeness (QED) is 0.668. The Hall–Kier alpha value is -3.22. The summed E-state index contributed by atoms with van der Waals surface area (Å²) in [7, 11) is 2.82. The monoisotopic (exact) mass is 359 g/mol. The maximum Gasteiger partial charge on any atom is 0.335 e. The molecule has 7 heteroatoms. The number of anilines is 1. The normalized spacial score (nSPS) is 10.1. The highest BCUT2D eigenvalue weighted by molar-refractivity contribution is 5.96. The minimum atomic E-state index is -1.13. The molecule has 2 N–H and O–H groups in total. The number of para-hydroxylation sites is 1. The van der Waals surface area contributed by atoms with Crippen molar-refractivity contribution in [3.05, 3.63) is 48.0 Å². The predicted molar refractivity (Wildman–Crippen MR) is 96.3 cm³/mol. The molecular formula is C19H21NO6. The van der Waals surface area contributed by atoms with Gasteiger partial charge in [0.2, 0.25) is 5.91 Å². The number of carbonyl (C=O) groups is 2. The van der Waals surface area contributed by atoms with Gasteiger partial charge in [-0.15, -0.1) is 0 Å². The first-order chi connectivity index (χ1) is 12.5. The van der Waals surface area contributed by atoms with Gasteiger partial charge >= 0.3 is 5.97 Å². The number of ether oxygens (including phenoxy) is 3. The van der Waals surface area contributed by atoms with Gasteiger partial charge in [0.15, 0.2) is 11.5 Å². The molecule has 0 aliphatic rings. The van der Waals surface area contributed by atoms with E-state index in [1.54, 1.807) is 0 Å². The maximum atomic E-state index is 12.2. The number of carboxylic acid groups (broad SMARTS) is 1. The average molecular weight is 359 g/mol. The summed E-state index contributed by atoms with van der Waals surface area (Å²) in [5, 5.41) is 11.9. The van der Waals surface area contributed by atoms with Gasteiger partial charge in [-0.25, -0.2) is 4.79 Å². The van der Waals surface area contributed by atoms with Crippen molar-refractivity contribution in [3.63, 3.8) is 0 Å². The molecule has 0 aliphatic carbocycles. The first-order valence-corrected chi connectivity index (χ1v) is 8.02. The average Bonchev–Trinajstić information content (AvgIpc) is 2.65. The molecule has 0 saturated carbocycles. The van der Waals surface area contributed by atoms with Crippen LogP contribution in [0.2, 0.25) is 0 Å². The second-order valence-electron chi connectivity index (χ2n) is 5.38. The lowest BCUT2D eigenvalue weighted by molar-refractivity contribution is -0.116. The van der Waals surface area contributed by atoms with Crippen molar-refractivity contribution in [1.82, 2.24) is 0 Å². The lowest BCUT2D eigenvalue weighted by atomic mass is 10.1. The lowest BCUT2D eigenvalue weighted by Gasteiger charge is -2.15. The fraction of sp³-hybridized carbons (Fsp3) is 0.263. The molecule has 26 heavy (non-hydrogen) atoms. The fourth-order valence-electron chi connectivity index (χ4n) is 2.33. The molecule has 0 bridgehead atoms. The van der Waals surface area contributed by atoms with Crippen LogP contribution in [0, 0.1) is 0 Å². The van der Waals surface area contributed by atoms with Crippen LogP contribution in [0.3, 0.4) is 0 Å². The number of carbonyl (C=O) groups excluding carboxylic acids is 1. The predicted octanol–water partition coefficient (Wildman–Crippen LogP) is 3.20. The van der Waals surface area contributed by atoms with Crippen molar-refractivity contribution in [1.29, 1.82) is 0 Å². The van der Waals surface area contributed by atoms with Crippen LogP contribution in [-0.2, 0) is 4.79 Å². The van der Waals surface area contributed by atoms with Crippen LogP contribution >= 0.6 is 0 Å². The van der Waals surface area contributed by atoms with Crippen molar-refractivity contribution in [3.8, 4) is 17.2 Å². The van der Waals surface area contributed by atoms with E-state index in [-0.39, 0.29) is 35.1 Å². The van der Waals surface area contributed by atoms with Crippen molar-refractivity contribution >= 4 is 17.6 Å². The third-order valence-corrected chi connectivity index (χ3v) is 3.56. The highest BCUT2D eigenvalue weighted by Gasteiger charge is 2.17. The summed E-state index contributed by atoms with van der Waals surface area (Å²) in [5.41, 5.74) is 0.239. The van der Waals surface area contributed by atoms with Gasteiger partial charge in [0.1, 0.15) is 5.75 Å². The number of carboxylic acids is 1. The van der Waals surface area contributed by atoms with Crippen LogP contribution in [0.15, 0.2) is 42.5 Å². The zero-order valence-electron chi connectivity index (χ0n) is 14.7. The third-order valence-electron chi connectivity index (χ3n) is 3.56. The summed E-state index contributed by atoms with van der Waals surface area (Å²) in [6, 6.07) is 12.0. The Morgan fingerprint density at radius 1 is 1.08 bits per heavy atom. The number of hydrogen-bond donors (Lipinski definition) is 2. The smallest absolute Gasteiger partial charge is 0.335 e. The number of methoxy groups -OCH3 is 2. The molecule has 0 saturated heterocycles. The number of rotatable bonds is 9. The number of aromatic carboxylic acids is 1. The van der Waals surface area contributed by atoms with Gasteiger partial charge in [0.05, 0.1) is 32.1 Å². The van der Waals surface area contributed by atoms with Crippen molar-refractivity contribution in [2.24, 2.45) is 0 Å². The summed E-state index contributed by atoms with van der Waals surface area (Å²) >= 11 is 0. The Labute approximate surface area is 151 Å². The van der Waals surface area contributed by atoms with Gasteiger partial charge in [-0.3, -0.25) is 4.79 Å². The molecule has 0 radical (unpaired) electrons. The summed E-state index contributed by atoms with van der Waals surface area (Å²) in [4.78, 5) is 23.4. The summed E-state index contributed by atoms with van der Waals surface area (Å²) in [6.45, 7) is 0.396. The Morgan fingerprint density at radius 2 is 1.81 bits per heavy atom. The zero-order valence-corrected chi connectivity index (χ0v) is 14.7. The molecular weight excluding hydrogens is 338 g/mol. The lowest BCUT2D eigenvalue weighted by Crippen LogP contribution is -2.14. The number of benzene rings is 2. The molecule has 1 amide bonds. The molecule has 138 valence electrons. The molecule has 7 nitrogen and oxygen atoms in total. The Kier molecular flexibility index (Phi) is 6.84. The molecule has 2 aromatic carbocycles. The van der Waals surface area contributed by atoms with E-state index in [9.17, 15) is 14.7 Å². The second kappa shape index (κ2) is 9.31. The molecule has 0 heterocycles. The van der Waals surface area contributed by atoms with E-state index >= 15 is 0 Å². The highest BCUT2D eigenvalue weighted by Crippen LogP contribution is 2.36. The van der Waals surface area contributed by atoms with Crippen molar-refractivity contribution in [2.75, 3.05) is 26.1 Å². The van der Waals surface area contributed by atoms with Gasteiger partial charge in [-0.05, 0) is 30.7 Å². The van der Waals surface area contributed by atoms with Gasteiger partial charge in [-0.1, -0.05) is 18.2 Å². The highest BCUT2D eigenvalue weighted by atomic mass is 16.5. The van der Waals surface area contributed by atoms with Crippen LogP contribution in [-0.4, -0.2) is 37.8 Å². The maximum absolute atomic E-state index is 12.2. The largest absolute Gasteiger partial charge is 0.494 e. The molecule has 2 aromatic rings. The molecule has 2 rings (SSSR count). The Balaban J connectivity index is 1.96. The first kappa shape index (κ1) is 19.1. The molecule has 0 fully saturated rings. The van der Waals surface area contributed by atoms with Crippen molar-refractivity contribution < 1.29 is 28.9 Å². The van der Waals surface area contributed by atoms with Crippen LogP contribution < -0.4 is 19.5 Å². The van der Waals surface area contributed by atoms with Crippen LogP contribution in [0.1, 0.15) is 23.2 Å². The van der Waals surface area contributed by atoms with E-state index in [4.69, 9.17) is 14.2 Å². The molecule has 0 atom stereocenters. The van der Waals surface area contributed by atoms with E-state index in [0.29, 0.717) is 13.0 Å². The van der Waals surface area contributed by atoms with E-state index in [0.717, 1.165) is 5.75 Å². The van der Waals surface area contributed by atoms with Crippen LogP contribution in [0.4, 0.5) is 5.69 Å². The Bertz CT molecular complexity index is 760. The van der Waals surface area contributed by atoms with E-state index in [2.05, 4.69) is 5.32 Å². The topological polar surface area (TPSA) is 94.1 Å². The second-order valence-corrected chi connectivity index (χ2v) is 5.38. The summed E-state index contributed by atoms with van der Waals surface area (Å²) in [6.07, 6.45) is 0.731. The summed E-state index contributed by atoms with van der Waals surface area (Å²) in [5.74, 6) is -0.155. The summed E-state index contributed by atoms with van der Waals surface area (Å²) < 4.78 is 15.9. The van der Waals surface area contributed by atoms with Gasteiger partial charge in [0, 0.05) is 6.42 Å². The van der Waals surface area contributed by atoms with Crippen molar-refractivity contribution in [2.45, 2.75) is 12.8 Å². The zero-order chi connectivity index (χ0) is 18.9. The SMILES string of the molecule is COc1cc(C(=O)O)cc(NC(=O)CCCOc2ccccc2)c1OC. The molecule has 0 aromatic heterocycles. The fourth-order valence-corrected chi connectivity index (χ4v) is 2.33. The molecule has 0 spiro atoms. The molecule has 0 unspecified atom stereocenters. The van der Waals surface area contributed by atoms with Gasteiger partial charge in [0.25, 0.3) is 0 Å². The minimum Gasteiger partial charge on any atom is -0.494 e. The van der Waals surface area contributed by atoms with Crippen LogP contribution in [0.25, 0.3) is 0 Å². The number of hydrogen-bond acceptors (Lipinski definition) is 5. The first-order valence-electron chi connectivity index (χ1n) is 8.02. The van der Waals surface area contributed by atoms with Crippen LogP contribution in [0.5, 0.6) is 17.2 Å².